The van der Waals surface area contributed by atoms with Crippen LogP contribution < -0.4 is 4.90 Å². The number of rotatable bonds is 9. The van der Waals surface area contributed by atoms with Gasteiger partial charge in [-0.1, -0.05) is 218 Å². The molecule has 0 N–H and O–H groups in total. The first-order valence-corrected chi connectivity index (χ1v) is 21.7. The van der Waals surface area contributed by atoms with Gasteiger partial charge in [-0.15, -0.1) is 0 Å². The van der Waals surface area contributed by atoms with E-state index >= 15 is 0 Å². The molecule has 0 heterocycles. The summed E-state index contributed by atoms with van der Waals surface area (Å²) in [5.41, 5.74) is 17.5. The van der Waals surface area contributed by atoms with E-state index in [1.54, 1.807) is 0 Å². The van der Waals surface area contributed by atoms with E-state index in [-0.39, 0.29) is 0 Å². The van der Waals surface area contributed by atoms with Crippen molar-refractivity contribution in [1.82, 2.24) is 0 Å². The van der Waals surface area contributed by atoms with Gasteiger partial charge < -0.3 is 4.90 Å². The second-order valence-electron chi connectivity index (χ2n) is 16.1. The zero-order valence-corrected chi connectivity index (χ0v) is 34.8. The Bertz CT molecular complexity index is 3360. The van der Waals surface area contributed by atoms with E-state index in [4.69, 9.17) is 0 Å². The molecular weight excluding hydrogens is 759 g/mol. The van der Waals surface area contributed by atoms with Crippen LogP contribution in [0.1, 0.15) is 0 Å². The Labute approximate surface area is 369 Å². The minimum absolute atomic E-state index is 1.08. The monoisotopic (exact) mass is 801 g/mol. The van der Waals surface area contributed by atoms with Gasteiger partial charge in [-0.25, -0.2) is 0 Å². The van der Waals surface area contributed by atoms with E-state index in [0.717, 1.165) is 22.6 Å². The second-order valence-corrected chi connectivity index (χ2v) is 16.1. The van der Waals surface area contributed by atoms with E-state index in [2.05, 4.69) is 266 Å². The van der Waals surface area contributed by atoms with Gasteiger partial charge in [-0.05, 0) is 125 Å². The molecule has 0 aliphatic heterocycles. The van der Waals surface area contributed by atoms with Gasteiger partial charge >= 0.3 is 0 Å². The lowest BCUT2D eigenvalue weighted by Gasteiger charge is -2.29. The van der Waals surface area contributed by atoms with Crippen molar-refractivity contribution in [2.24, 2.45) is 0 Å². The Hall–Kier alpha value is -8.26. The molecule has 0 bridgehead atoms. The SMILES string of the molecule is c1ccc(-c2ccc(-c3ccccc3-c3ccccc3)c(-c3ccccc3N(c3ccc(-c4ccc5ccccc5c4)cc3)c3ccc(-c4cccc5ccccc45)cc3)c2)cc1. The number of hydrogen-bond donors (Lipinski definition) is 0. The molecule has 11 aromatic carbocycles. The molecule has 0 aliphatic rings. The number of fused-ring (bicyclic) bond motifs is 2. The Morgan fingerprint density at radius 1 is 0.206 bits per heavy atom. The van der Waals surface area contributed by atoms with Gasteiger partial charge in [0.15, 0.2) is 0 Å². The van der Waals surface area contributed by atoms with Crippen LogP contribution in [0.4, 0.5) is 17.1 Å². The van der Waals surface area contributed by atoms with E-state index in [1.807, 2.05) is 0 Å². The number of para-hydroxylation sites is 1. The van der Waals surface area contributed by atoms with E-state index in [0.29, 0.717) is 0 Å². The molecule has 11 rings (SSSR count). The van der Waals surface area contributed by atoms with Crippen molar-refractivity contribution in [2.75, 3.05) is 4.90 Å². The summed E-state index contributed by atoms with van der Waals surface area (Å²) in [6.45, 7) is 0. The van der Waals surface area contributed by atoms with Crippen molar-refractivity contribution in [3.63, 3.8) is 0 Å². The molecule has 0 unspecified atom stereocenters. The fraction of sp³-hybridized carbons (Fsp3) is 0. The normalized spacial score (nSPS) is 11.2. The Kier molecular flexibility index (Phi) is 9.97. The smallest absolute Gasteiger partial charge is 0.0540 e. The lowest BCUT2D eigenvalue weighted by molar-refractivity contribution is 1.28. The molecule has 0 spiro atoms. The fourth-order valence-corrected chi connectivity index (χ4v) is 9.16. The fourth-order valence-electron chi connectivity index (χ4n) is 9.16. The van der Waals surface area contributed by atoms with Gasteiger partial charge in [0, 0.05) is 16.9 Å². The van der Waals surface area contributed by atoms with Gasteiger partial charge in [-0.2, -0.15) is 0 Å². The maximum absolute atomic E-state index is 2.43. The van der Waals surface area contributed by atoms with Crippen molar-refractivity contribution in [1.29, 1.82) is 0 Å². The predicted molar refractivity (Wildman–Crippen MR) is 269 cm³/mol. The lowest BCUT2D eigenvalue weighted by atomic mass is 9.86. The quantitative estimate of drug-likeness (QED) is 0.141. The van der Waals surface area contributed by atoms with Crippen LogP contribution in [0.3, 0.4) is 0 Å². The van der Waals surface area contributed by atoms with Crippen molar-refractivity contribution in [2.45, 2.75) is 0 Å². The summed E-state index contributed by atoms with van der Waals surface area (Å²) in [6.07, 6.45) is 0. The number of benzene rings is 11. The minimum Gasteiger partial charge on any atom is -0.310 e. The Morgan fingerprint density at radius 2 is 0.667 bits per heavy atom. The largest absolute Gasteiger partial charge is 0.310 e. The highest BCUT2D eigenvalue weighted by Crippen LogP contribution is 2.47. The molecule has 63 heavy (non-hydrogen) atoms. The third kappa shape index (κ3) is 7.37. The van der Waals surface area contributed by atoms with Gasteiger partial charge in [-0.3, -0.25) is 0 Å². The summed E-state index contributed by atoms with van der Waals surface area (Å²) >= 11 is 0. The first-order valence-electron chi connectivity index (χ1n) is 21.7. The molecule has 296 valence electrons. The van der Waals surface area contributed by atoms with E-state index in [9.17, 15) is 0 Å². The molecule has 0 saturated heterocycles. The average Bonchev–Trinajstić information content (AvgIpc) is 3.37. The van der Waals surface area contributed by atoms with Gasteiger partial charge in [0.05, 0.1) is 5.69 Å². The number of hydrogen-bond acceptors (Lipinski definition) is 1. The molecule has 0 saturated carbocycles. The zero-order chi connectivity index (χ0) is 42.0. The van der Waals surface area contributed by atoms with Crippen molar-refractivity contribution in [3.05, 3.63) is 261 Å². The van der Waals surface area contributed by atoms with Crippen LogP contribution in [0.5, 0.6) is 0 Å². The highest BCUT2D eigenvalue weighted by Gasteiger charge is 2.21. The van der Waals surface area contributed by atoms with Crippen LogP contribution in [0.15, 0.2) is 261 Å². The van der Waals surface area contributed by atoms with Gasteiger partial charge in [0.25, 0.3) is 0 Å². The van der Waals surface area contributed by atoms with E-state index in [1.165, 1.54) is 82.7 Å². The predicted octanol–water partition coefficient (Wildman–Crippen LogP) is 17.5. The second kappa shape index (κ2) is 16.7. The number of nitrogens with zero attached hydrogens (tertiary/aromatic N) is 1. The van der Waals surface area contributed by atoms with Crippen LogP contribution in [0, 0.1) is 0 Å². The molecule has 1 nitrogen and oxygen atoms in total. The molecule has 0 aromatic heterocycles. The van der Waals surface area contributed by atoms with Crippen LogP contribution in [0.2, 0.25) is 0 Å². The molecule has 1 heteroatoms. The van der Waals surface area contributed by atoms with Crippen molar-refractivity contribution >= 4 is 38.6 Å². The molecule has 0 aliphatic carbocycles. The molecule has 0 fully saturated rings. The summed E-state index contributed by atoms with van der Waals surface area (Å²) in [4.78, 5) is 2.43. The van der Waals surface area contributed by atoms with Crippen LogP contribution in [-0.4, -0.2) is 0 Å². The zero-order valence-electron chi connectivity index (χ0n) is 34.8. The molecule has 0 amide bonds. The summed E-state index contributed by atoms with van der Waals surface area (Å²) < 4.78 is 0. The number of anilines is 3. The minimum atomic E-state index is 1.08. The first-order chi connectivity index (χ1) is 31.2. The summed E-state index contributed by atoms with van der Waals surface area (Å²) in [6, 6.07) is 94.8. The van der Waals surface area contributed by atoms with Crippen LogP contribution in [-0.2, 0) is 0 Å². The maximum atomic E-state index is 2.43. The highest BCUT2D eigenvalue weighted by molar-refractivity contribution is 6.00. The highest BCUT2D eigenvalue weighted by atomic mass is 15.1. The Balaban J connectivity index is 1.10. The van der Waals surface area contributed by atoms with E-state index < -0.39 is 0 Å². The molecule has 0 atom stereocenters. The topological polar surface area (TPSA) is 3.24 Å². The molecule has 11 aromatic rings. The third-order valence-corrected chi connectivity index (χ3v) is 12.3. The Morgan fingerprint density at radius 3 is 1.41 bits per heavy atom. The average molecular weight is 802 g/mol. The van der Waals surface area contributed by atoms with Crippen molar-refractivity contribution < 1.29 is 0 Å². The van der Waals surface area contributed by atoms with Crippen LogP contribution >= 0.6 is 0 Å². The van der Waals surface area contributed by atoms with Gasteiger partial charge in [0.1, 0.15) is 0 Å². The lowest BCUT2D eigenvalue weighted by Crippen LogP contribution is -2.11. The van der Waals surface area contributed by atoms with Crippen molar-refractivity contribution in [3.8, 4) is 66.8 Å². The summed E-state index contributed by atoms with van der Waals surface area (Å²) in [5, 5.41) is 4.97. The standard InChI is InChI=1S/C62H43N/c1-3-16-44(17-4-1)52-36-41-59(58-26-12-11-25-57(58)47-19-5-2-6-20-47)61(43-52)60-27-13-14-29-62(60)63(53-37-32-46(33-38-53)51-31-30-45-18-7-8-22-50(45)42-51)54-39-34-49(35-40-54)56-28-15-23-48-21-9-10-24-55(48)56/h1-43H. The molecule has 0 radical (unpaired) electrons. The van der Waals surface area contributed by atoms with Crippen LogP contribution in [0.25, 0.3) is 88.3 Å². The van der Waals surface area contributed by atoms with Gasteiger partial charge in [0.2, 0.25) is 0 Å². The molecular formula is C62H43N. The summed E-state index contributed by atoms with van der Waals surface area (Å²) in [5.74, 6) is 0. The maximum Gasteiger partial charge on any atom is 0.0540 e. The third-order valence-electron chi connectivity index (χ3n) is 12.3. The first kappa shape index (κ1) is 37.7. The summed E-state index contributed by atoms with van der Waals surface area (Å²) in [7, 11) is 0.